The molecule has 7 nitrogen and oxygen atoms in total. The fourth-order valence-corrected chi connectivity index (χ4v) is 1.58. The Kier molecular flexibility index (Phi) is 5.28. The number of benzene rings is 1. The molecule has 1 rings (SSSR count). The molecule has 7 heteroatoms. The van der Waals surface area contributed by atoms with Gasteiger partial charge in [0.15, 0.2) is 0 Å². The summed E-state index contributed by atoms with van der Waals surface area (Å²) in [6.07, 6.45) is 2.44. The van der Waals surface area contributed by atoms with Gasteiger partial charge in [0.05, 0.1) is 13.1 Å². The summed E-state index contributed by atoms with van der Waals surface area (Å²) in [5.74, 6) is -2.21. The van der Waals surface area contributed by atoms with Crippen molar-refractivity contribution in [3.63, 3.8) is 0 Å². The molecule has 2 amide bonds. The lowest BCUT2D eigenvalue weighted by Crippen LogP contribution is -2.39. The van der Waals surface area contributed by atoms with Gasteiger partial charge in [-0.05, 0) is 23.8 Å². The van der Waals surface area contributed by atoms with E-state index in [2.05, 4.69) is 0 Å². The highest BCUT2D eigenvalue weighted by atomic mass is 16.4. The summed E-state index contributed by atoms with van der Waals surface area (Å²) in [5.41, 5.74) is 11.5. The van der Waals surface area contributed by atoms with E-state index in [0.29, 0.717) is 11.3 Å². The lowest BCUT2D eigenvalue weighted by Gasteiger charge is -2.21. The fourth-order valence-electron chi connectivity index (χ4n) is 1.58. The van der Waals surface area contributed by atoms with Gasteiger partial charge in [0.25, 0.3) is 0 Å². The van der Waals surface area contributed by atoms with Crippen LogP contribution < -0.4 is 16.4 Å². The molecule has 0 aliphatic heterocycles. The number of aliphatic carboxylic acids is 1. The molecule has 0 aliphatic rings. The van der Waals surface area contributed by atoms with Crippen LogP contribution in [0.1, 0.15) is 5.56 Å². The Balaban J connectivity index is 2.89. The van der Waals surface area contributed by atoms with E-state index in [1.54, 1.807) is 24.3 Å². The van der Waals surface area contributed by atoms with Crippen LogP contribution in [0.2, 0.25) is 0 Å². The molecule has 0 saturated carbocycles. The summed E-state index contributed by atoms with van der Waals surface area (Å²) in [7, 11) is 0. The van der Waals surface area contributed by atoms with Crippen LogP contribution in [0.25, 0.3) is 6.08 Å². The third-order valence-corrected chi connectivity index (χ3v) is 2.37. The molecule has 0 unspecified atom stereocenters. The fraction of sp³-hybridized carbons (Fsp3) is 0.154. The van der Waals surface area contributed by atoms with Gasteiger partial charge in [0, 0.05) is 11.8 Å². The topological polar surface area (TPSA) is 127 Å². The highest BCUT2D eigenvalue weighted by Crippen LogP contribution is 2.15. The molecule has 106 valence electrons. The zero-order valence-electron chi connectivity index (χ0n) is 10.7. The Morgan fingerprint density at radius 3 is 1.95 bits per heavy atom. The van der Waals surface area contributed by atoms with E-state index in [0.717, 1.165) is 6.08 Å². The molecular weight excluding hydrogens is 262 g/mol. The summed E-state index contributed by atoms with van der Waals surface area (Å²) in [6, 6.07) is 6.61. The number of carboxylic acid groups (broad SMARTS) is 1. The standard InChI is InChI=1S/C13H15N3O4/c14-11(17)7-16(8-12(15)18)10-4-1-9(2-5-10)3-6-13(19)20/h1-6H,7-8H2,(H2,14,17)(H2,15,18)(H,19,20). The van der Waals surface area contributed by atoms with E-state index in [1.165, 1.54) is 11.0 Å². The smallest absolute Gasteiger partial charge is 0.328 e. The number of nitrogens with zero attached hydrogens (tertiary/aromatic N) is 1. The quantitative estimate of drug-likeness (QED) is 0.582. The molecule has 0 saturated heterocycles. The van der Waals surface area contributed by atoms with Crippen LogP contribution in [0.4, 0.5) is 5.69 Å². The van der Waals surface area contributed by atoms with E-state index >= 15 is 0 Å². The van der Waals surface area contributed by atoms with Crippen LogP contribution in [0, 0.1) is 0 Å². The first-order valence-corrected chi connectivity index (χ1v) is 5.71. The van der Waals surface area contributed by atoms with Gasteiger partial charge in [0.1, 0.15) is 0 Å². The second kappa shape index (κ2) is 6.93. The molecule has 0 aliphatic carbocycles. The van der Waals surface area contributed by atoms with Crippen LogP contribution in [0.15, 0.2) is 30.3 Å². The third kappa shape index (κ3) is 5.21. The van der Waals surface area contributed by atoms with Gasteiger partial charge in [0.2, 0.25) is 11.8 Å². The van der Waals surface area contributed by atoms with Crippen molar-refractivity contribution < 1.29 is 19.5 Å². The molecule has 20 heavy (non-hydrogen) atoms. The maximum absolute atomic E-state index is 11.0. The molecule has 0 spiro atoms. The zero-order valence-corrected chi connectivity index (χ0v) is 10.7. The van der Waals surface area contributed by atoms with Crippen molar-refractivity contribution in [2.75, 3.05) is 18.0 Å². The number of nitrogens with two attached hydrogens (primary N) is 2. The summed E-state index contributed by atoms with van der Waals surface area (Å²) in [5, 5.41) is 8.52. The van der Waals surface area contributed by atoms with Gasteiger partial charge < -0.3 is 21.5 Å². The lowest BCUT2D eigenvalue weighted by molar-refractivity contribution is -0.131. The van der Waals surface area contributed by atoms with E-state index in [9.17, 15) is 14.4 Å². The Morgan fingerprint density at radius 2 is 1.55 bits per heavy atom. The number of hydrogen-bond acceptors (Lipinski definition) is 4. The lowest BCUT2D eigenvalue weighted by atomic mass is 10.2. The van der Waals surface area contributed by atoms with Crippen molar-refractivity contribution >= 4 is 29.5 Å². The largest absolute Gasteiger partial charge is 0.478 e. The van der Waals surface area contributed by atoms with E-state index in [4.69, 9.17) is 16.6 Å². The molecule has 0 aromatic heterocycles. The van der Waals surface area contributed by atoms with Gasteiger partial charge in [-0.2, -0.15) is 0 Å². The van der Waals surface area contributed by atoms with E-state index < -0.39 is 17.8 Å². The number of anilines is 1. The van der Waals surface area contributed by atoms with E-state index in [1.807, 2.05) is 0 Å². The van der Waals surface area contributed by atoms with Crippen molar-refractivity contribution in [1.82, 2.24) is 0 Å². The molecule has 0 fully saturated rings. The number of hydrogen-bond donors (Lipinski definition) is 3. The van der Waals surface area contributed by atoms with Gasteiger partial charge in [-0.3, -0.25) is 9.59 Å². The van der Waals surface area contributed by atoms with Crippen molar-refractivity contribution in [2.45, 2.75) is 0 Å². The Hall–Kier alpha value is -2.83. The molecule has 0 atom stereocenters. The molecule has 1 aromatic rings. The predicted octanol–water partition coefficient (Wildman–Crippen LogP) is -0.439. The molecular formula is C13H15N3O4. The van der Waals surface area contributed by atoms with Crippen LogP contribution >= 0.6 is 0 Å². The van der Waals surface area contributed by atoms with Gasteiger partial charge >= 0.3 is 5.97 Å². The molecule has 1 aromatic carbocycles. The second-order valence-corrected chi connectivity index (χ2v) is 4.05. The number of carboxylic acids is 1. The van der Waals surface area contributed by atoms with Gasteiger partial charge in [-0.25, -0.2) is 4.79 Å². The van der Waals surface area contributed by atoms with Gasteiger partial charge in [-0.1, -0.05) is 12.1 Å². The minimum atomic E-state index is -1.04. The van der Waals surface area contributed by atoms with Crippen LogP contribution in [0.3, 0.4) is 0 Å². The Morgan fingerprint density at radius 1 is 1.05 bits per heavy atom. The van der Waals surface area contributed by atoms with Crippen molar-refractivity contribution in [1.29, 1.82) is 0 Å². The van der Waals surface area contributed by atoms with Crippen molar-refractivity contribution in [2.24, 2.45) is 11.5 Å². The third-order valence-electron chi connectivity index (χ3n) is 2.37. The number of amides is 2. The first-order chi connectivity index (χ1) is 9.38. The predicted molar refractivity (Wildman–Crippen MR) is 73.7 cm³/mol. The molecule has 0 radical (unpaired) electrons. The number of rotatable bonds is 7. The normalized spacial score (nSPS) is 10.4. The minimum Gasteiger partial charge on any atom is -0.478 e. The van der Waals surface area contributed by atoms with E-state index in [-0.39, 0.29) is 13.1 Å². The Labute approximate surface area is 115 Å². The molecule has 0 bridgehead atoms. The number of carbonyl (C=O) groups excluding carboxylic acids is 2. The summed E-state index contributed by atoms with van der Waals surface area (Å²) in [4.78, 5) is 33.8. The average Bonchev–Trinajstić information content (AvgIpc) is 2.35. The van der Waals surface area contributed by atoms with Crippen LogP contribution in [0.5, 0.6) is 0 Å². The van der Waals surface area contributed by atoms with Crippen LogP contribution in [-0.4, -0.2) is 36.0 Å². The number of primary amides is 2. The highest BCUT2D eigenvalue weighted by molar-refractivity contribution is 5.86. The maximum atomic E-state index is 11.0. The first kappa shape index (κ1) is 15.2. The summed E-state index contributed by atoms with van der Waals surface area (Å²) in [6.45, 7) is -0.263. The summed E-state index contributed by atoms with van der Waals surface area (Å²) >= 11 is 0. The number of carbonyl (C=O) groups is 3. The zero-order chi connectivity index (χ0) is 15.1. The first-order valence-electron chi connectivity index (χ1n) is 5.71. The second-order valence-electron chi connectivity index (χ2n) is 4.05. The molecule has 0 heterocycles. The van der Waals surface area contributed by atoms with Crippen molar-refractivity contribution in [3.8, 4) is 0 Å². The average molecular weight is 277 g/mol. The van der Waals surface area contributed by atoms with Gasteiger partial charge in [-0.15, -0.1) is 0 Å². The van der Waals surface area contributed by atoms with Crippen LogP contribution in [-0.2, 0) is 14.4 Å². The monoisotopic (exact) mass is 277 g/mol. The summed E-state index contributed by atoms with van der Waals surface area (Å²) < 4.78 is 0. The highest BCUT2D eigenvalue weighted by Gasteiger charge is 2.11. The maximum Gasteiger partial charge on any atom is 0.328 e. The van der Waals surface area contributed by atoms with Crippen molar-refractivity contribution in [3.05, 3.63) is 35.9 Å². The Bertz CT molecular complexity index is 521. The molecule has 5 N–H and O–H groups in total. The minimum absolute atomic E-state index is 0.132. The SMILES string of the molecule is NC(=O)CN(CC(N)=O)c1ccc(C=CC(=O)O)cc1.